The van der Waals surface area contributed by atoms with Gasteiger partial charge in [-0.2, -0.15) is 0 Å². The molecule has 0 aliphatic carbocycles. The molecular weight excluding hydrogens is 534 g/mol. The van der Waals surface area contributed by atoms with Gasteiger partial charge in [-0.05, 0) is 61.9 Å². The summed E-state index contributed by atoms with van der Waals surface area (Å²) < 4.78 is 13.3. The van der Waals surface area contributed by atoms with Crippen molar-refractivity contribution in [1.82, 2.24) is 14.5 Å². The summed E-state index contributed by atoms with van der Waals surface area (Å²) >= 11 is 3.47. The van der Waals surface area contributed by atoms with Crippen molar-refractivity contribution in [3.63, 3.8) is 0 Å². The largest absolute Gasteiger partial charge is 0.497 e. The van der Waals surface area contributed by atoms with Gasteiger partial charge < -0.3 is 14.4 Å². The maximum absolute atomic E-state index is 13.9. The number of amides is 1. The van der Waals surface area contributed by atoms with Gasteiger partial charge in [-0.25, -0.2) is 4.98 Å². The van der Waals surface area contributed by atoms with Crippen LogP contribution in [-0.2, 0) is 0 Å². The smallest absolute Gasteiger partial charge is 0.266 e. The molecule has 1 unspecified atom stereocenters. The van der Waals surface area contributed by atoms with Gasteiger partial charge in [0.15, 0.2) is 0 Å². The Morgan fingerprint density at radius 2 is 1.68 bits per heavy atom. The van der Waals surface area contributed by atoms with Gasteiger partial charge >= 0.3 is 0 Å². The Bertz CT molecular complexity index is 1440. The molecule has 0 spiro atoms. The molecule has 0 aliphatic heterocycles. The molecule has 7 nitrogen and oxygen atoms in total. The van der Waals surface area contributed by atoms with E-state index in [1.807, 2.05) is 49.4 Å². The summed E-state index contributed by atoms with van der Waals surface area (Å²) in [5.41, 5.74) is 1.53. The minimum absolute atomic E-state index is 0.180. The van der Waals surface area contributed by atoms with Crippen LogP contribution in [0.2, 0.25) is 0 Å². The van der Waals surface area contributed by atoms with Crippen molar-refractivity contribution in [3.8, 4) is 17.2 Å². The van der Waals surface area contributed by atoms with Gasteiger partial charge in [0.25, 0.3) is 11.5 Å². The first-order chi connectivity index (χ1) is 17.9. The number of ether oxygens (including phenoxy) is 2. The average Bonchev–Trinajstić information content (AvgIpc) is 2.93. The lowest BCUT2D eigenvalue weighted by Gasteiger charge is -2.31. The topological polar surface area (TPSA) is 73.7 Å². The van der Waals surface area contributed by atoms with E-state index in [9.17, 15) is 9.59 Å². The van der Waals surface area contributed by atoms with E-state index >= 15 is 0 Å². The van der Waals surface area contributed by atoms with E-state index in [1.165, 1.54) is 0 Å². The Morgan fingerprint density at radius 1 is 1.03 bits per heavy atom. The maximum atomic E-state index is 13.9. The summed E-state index contributed by atoms with van der Waals surface area (Å²) in [5.74, 6) is 1.36. The van der Waals surface area contributed by atoms with Crippen LogP contribution < -0.4 is 15.0 Å². The van der Waals surface area contributed by atoms with Gasteiger partial charge in [0, 0.05) is 22.6 Å². The van der Waals surface area contributed by atoms with Crippen LogP contribution in [-0.4, -0.2) is 41.1 Å². The van der Waals surface area contributed by atoms with Crippen molar-refractivity contribution in [2.24, 2.45) is 0 Å². The molecule has 1 aromatic heterocycles. The highest BCUT2D eigenvalue weighted by Crippen LogP contribution is 2.28. The monoisotopic (exact) mass is 563 g/mol. The predicted octanol–water partition coefficient (Wildman–Crippen LogP) is 6.17. The zero-order chi connectivity index (χ0) is 26.5. The van der Waals surface area contributed by atoms with Crippen molar-refractivity contribution in [2.75, 3.05) is 20.8 Å². The van der Waals surface area contributed by atoms with Crippen molar-refractivity contribution in [2.45, 2.75) is 32.7 Å². The molecule has 1 atom stereocenters. The Hall–Kier alpha value is -3.65. The summed E-state index contributed by atoms with van der Waals surface area (Å²) in [6, 6.07) is 19.4. The number of para-hydroxylation sites is 1. The molecule has 0 saturated heterocycles. The van der Waals surface area contributed by atoms with E-state index in [2.05, 4.69) is 22.9 Å². The number of halogens is 1. The van der Waals surface area contributed by atoms with Crippen LogP contribution in [0.5, 0.6) is 11.5 Å². The van der Waals surface area contributed by atoms with Gasteiger partial charge in [0.2, 0.25) is 0 Å². The van der Waals surface area contributed by atoms with E-state index in [0.717, 1.165) is 17.3 Å². The molecule has 0 saturated carbocycles. The lowest BCUT2D eigenvalue weighted by Crippen LogP contribution is -2.38. The molecular formula is C29H30BrN3O4. The van der Waals surface area contributed by atoms with Gasteiger partial charge in [-0.3, -0.25) is 14.2 Å². The predicted molar refractivity (Wildman–Crippen MR) is 149 cm³/mol. The fourth-order valence-electron chi connectivity index (χ4n) is 4.31. The average molecular weight is 564 g/mol. The third kappa shape index (κ3) is 5.54. The highest BCUT2D eigenvalue weighted by atomic mass is 79.9. The number of benzene rings is 3. The van der Waals surface area contributed by atoms with Crippen LogP contribution in [0, 0.1) is 0 Å². The Kier molecular flexibility index (Phi) is 8.28. The van der Waals surface area contributed by atoms with Gasteiger partial charge in [0.05, 0.1) is 36.9 Å². The number of nitrogens with zero attached hydrogens (tertiary/aromatic N) is 3. The van der Waals surface area contributed by atoms with Crippen LogP contribution >= 0.6 is 15.9 Å². The van der Waals surface area contributed by atoms with Crippen LogP contribution in [0.1, 0.15) is 48.9 Å². The first-order valence-corrected chi connectivity index (χ1v) is 13.0. The van der Waals surface area contributed by atoms with E-state index in [0.29, 0.717) is 46.0 Å². The number of fused-ring (bicyclic) bond motifs is 1. The van der Waals surface area contributed by atoms with Crippen LogP contribution in [0.3, 0.4) is 0 Å². The number of hydrogen-bond acceptors (Lipinski definition) is 5. The molecule has 8 heteroatoms. The molecule has 1 amide bonds. The second-order valence-corrected chi connectivity index (χ2v) is 9.65. The number of methoxy groups -OCH3 is 2. The number of hydrogen-bond donors (Lipinski definition) is 0. The lowest BCUT2D eigenvalue weighted by atomic mass is 10.1. The second kappa shape index (κ2) is 11.6. The molecule has 192 valence electrons. The highest BCUT2D eigenvalue weighted by Gasteiger charge is 2.28. The fourth-order valence-corrected chi connectivity index (χ4v) is 4.57. The molecule has 1 heterocycles. The highest BCUT2D eigenvalue weighted by molar-refractivity contribution is 9.10. The molecule has 37 heavy (non-hydrogen) atoms. The van der Waals surface area contributed by atoms with E-state index < -0.39 is 6.04 Å². The number of carbonyl (C=O) groups excluding carboxylic acids is 1. The summed E-state index contributed by atoms with van der Waals surface area (Å²) in [6.45, 7) is 4.49. The summed E-state index contributed by atoms with van der Waals surface area (Å²) in [6.07, 6.45) is 1.70. The Labute approximate surface area is 224 Å². The minimum Gasteiger partial charge on any atom is -0.497 e. The van der Waals surface area contributed by atoms with E-state index in [-0.39, 0.29) is 11.5 Å². The van der Waals surface area contributed by atoms with Gasteiger partial charge in [-0.1, -0.05) is 41.4 Å². The third-order valence-corrected chi connectivity index (χ3v) is 6.87. The van der Waals surface area contributed by atoms with Crippen LogP contribution in [0.25, 0.3) is 16.6 Å². The minimum atomic E-state index is -0.503. The quantitative estimate of drug-likeness (QED) is 0.243. The summed E-state index contributed by atoms with van der Waals surface area (Å²) in [4.78, 5) is 34.4. The standard InChI is InChI=1S/C29H30BrN3O4/c1-5-6-15-32(28(34)20-16-23(36-3)18-24(17-20)37-4)19(2)27-31-26-10-8-7-9-25(26)29(35)33(27)22-13-11-21(30)12-14-22/h7-14,16-19H,5-6,15H2,1-4H3. The first kappa shape index (κ1) is 26.4. The van der Waals surface area contributed by atoms with Crippen molar-refractivity contribution >= 4 is 32.7 Å². The second-order valence-electron chi connectivity index (χ2n) is 8.73. The summed E-state index contributed by atoms with van der Waals surface area (Å²) in [7, 11) is 3.10. The van der Waals surface area contributed by atoms with E-state index in [4.69, 9.17) is 14.5 Å². The summed E-state index contributed by atoms with van der Waals surface area (Å²) in [5, 5.41) is 0.519. The van der Waals surface area contributed by atoms with Crippen molar-refractivity contribution < 1.29 is 14.3 Å². The fraction of sp³-hybridized carbons (Fsp3) is 0.276. The first-order valence-electron chi connectivity index (χ1n) is 12.2. The Morgan fingerprint density at radius 3 is 2.30 bits per heavy atom. The van der Waals surface area contributed by atoms with Crippen molar-refractivity contribution in [3.05, 3.63) is 92.9 Å². The third-order valence-electron chi connectivity index (χ3n) is 6.34. The number of carbonyl (C=O) groups is 1. The van der Waals surface area contributed by atoms with Crippen LogP contribution in [0.15, 0.2) is 76.0 Å². The molecule has 0 aliphatic rings. The zero-order valence-corrected chi connectivity index (χ0v) is 23.0. The van der Waals surface area contributed by atoms with Gasteiger partial charge in [-0.15, -0.1) is 0 Å². The number of aromatic nitrogens is 2. The maximum Gasteiger partial charge on any atom is 0.266 e. The normalized spacial score (nSPS) is 11.8. The molecule has 0 fully saturated rings. The lowest BCUT2D eigenvalue weighted by molar-refractivity contribution is 0.0677. The van der Waals surface area contributed by atoms with Crippen molar-refractivity contribution in [1.29, 1.82) is 0 Å². The molecule has 4 rings (SSSR count). The molecule has 4 aromatic rings. The Balaban J connectivity index is 1.89. The number of rotatable bonds is 9. The van der Waals surface area contributed by atoms with E-state index in [1.54, 1.807) is 48.0 Å². The van der Waals surface area contributed by atoms with Gasteiger partial charge in [0.1, 0.15) is 17.3 Å². The molecule has 0 radical (unpaired) electrons. The molecule has 0 bridgehead atoms. The number of unbranched alkanes of at least 4 members (excludes halogenated alkanes) is 1. The molecule has 0 N–H and O–H groups in total. The molecule has 3 aromatic carbocycles. The van der Waals surface area contributed by atoms with Crippen LogP contribution in [0.4, 0.5) is 0 Å². The SMILES string of the molecule is CCCCN(C(=O)c1cc(OC)cc(OC)c1)C(C)c1nc2ccccc2c(=O)n1-c1ccc(Br)cc1. The zero-order valence-electron chi connectivity index (χ0n) is 21.4.